The summed E-state index contributed by atoms with van der Waals surface area (Å²) in [6.07, 6.45) is 5.87. The number of rotatable bonds is 4. The van der Waals surface area contributed by atoms with Gasteiger partial charge in [-0.3, -0.25) is 4.98 Å². The van der Waals surface area contributed by atoms with Crippen molar-refractivity contribution in [2.45, 2.75) is 51.7 Å². The van der Waals surface area contributed by atoms with E-state index in [9.17, 15) is 0 Å². The lowest BCUT2D eigenvalue weighted by Crippen LogP contribution is -2.33. The first-order chi connectivity index (χ1) is 8.25. The van der Waals surface area contributed by atoms with Gasteiger partial charge in [0.05, 0.1) is 5.51 Å². The van der Waals surface area contributed by atoms with Crippen molar-refractivity contribution in [2.75, 3.05) is 13.1 Å². The molecule has 96 valence electrons. The molecule has 0 radical (unpaired) electrons. The second-order valence-corrected chi connectivity index (χ2v) is 6.08. The summed E-state index contributed by atoms with van der Waals surface area (Å²) >= 11 is 1.74. The molecule has 0 aromatic carbocycles. The highest BCUT2D eigenvalue weighted by molar-refractivity contribution is 7.09. The van der Waals surface area contributed by atoms with Crippen molar-refractivity contribution in [3.63, 3.8) is 0 Å². The fourth-order valence-electron chi connectivity index (χ4n) is 2.41. The van der Waals surface area contributed by atoms with Crippen LogP contribution in [0.15, 0.2) is 11.7 Å². The monoisotopic (exact) mass is 253 g/mol. The van der Waals surface area contributed by atoms with Crippen LogP contribution < -0.4 is 5.32 Å². The summed E-state index contributed by atoms with van der Waals surface area (Å²) < 4.78 is 0. The molecule has 1 saturated heterocycles. The van der Waals surface area contributed by atoms with Crippen LogP contribution in [-0.4, -0.2) is 35.1 Å². The van der Waals surface area contributed by atoms with Gasteiger partial charge in [-0.15, -0.1) is 11.3 Å². The summed E-state index contributed by atoms with van der Waals surface area (Å²) in [5, 5.41) is 3.67. The number of aromatic nitrogens is 1. The van der Waals surface area contributed by atoms with Crippen LogP contribution in [0.5, 0.6) is 0 Å². The van der Waals surface area contributed by atoms with Crippen molar-refractivity contribution in [3.05, 3.63) is 16.6 Å². The molecule has 2 heterocycles. The number of nitrogens with one attached hydrogen (secondary N) is 1. The maximum atomic E-state index is 4.11. The zero-order valence-electron chi connectivity index (χ0n) is 10.9. The molecule has 1 aromatic heterocycles. The van der Waals surface area contributed by atoms with Crippen molar-refractivity contribution >= 4 is 11.3 Å². The first-order valence-electron chi connectivity index (χ1n) is 6.60. The summed E-state index contributed by atoms with van der Waals surface area (Å²) in [6.45, 7) is 8.07. The average Bonchev–Trinajstić information content (AvgIpc) is 2.70. The van der Waals surface area contributed by atoms with Crippen LogP contribution in [0.3, 0.4) is 0 Å². The topological polar surface area (TPSA) is 28.2 Å². The summed E-state index contributed by atoms with van der Waals surface area (Å²) in [5.41, 5.74) is 1.91. The van der Waals surface area contributed by atoms with Crippen LogP contribution in [0.4, 0.5) is 0 Å². The fraction of sp³-hybridized carbons (Fsp3) is 0.769. The predicted molar refractivity (Wildman–Crippen MR) is 73.3 cm³/mol. The SMILES string of the molecule is CC(C)N1CCCC(NCc2cncs2)CC1. The van der Waals surface area contributed by atoms with E-state index < -0.39 is 0 Å². The maximum absolute atomic E-state index is 4.11. The van der Waals surface area contributed by atoms with Crippen molar-refractivity contribution < 1.29 is 0 Å². The molecule has 1 N–H and O–H groups in total. The molecule has 0 bridgehead atoms. The number of hydrogen-bond acceptors (Lipinski definition) is 4. The van der Waals surface area contributed by atoms with Crippen molar-refractivity contribution in [1.29, 1.82) is 0 Å². The van der Waals surface area contributed by atoms with Gasteiger partial charge in [-0.25, -0.2) is 0 Å². The maximum Gasteiger partial charge on any atom is 0.0794 e. The highest BCUT2D eigenvalue weighted by Crippen LogP contribution is 2.14. The molecule has 3 nitrogen and oxygen atoms in total. The molecule has 1 unspecified atom stereocenters. The lowest BCUT2D eigenvalue weighted by atomic mass is 10.1. The summed E-state index contributed by atoms with van der Waals surface area (Å²) in [7, 11) is 0. The van der Waals surface area contributed by atoms with Crippen molar-refractivity contribution in [3.8, 4) is 0 Å². The summed E-state index contributed by atoms with van der Waals surface area (Å²) in [4.78, 5) is 8.04. The fourth-order valence-corrected chi connectivity index (χ4v) is 2.96. The molecule has 4 heteroatoms. The van der Waals surface area contributed by atoms with Gasteiger partial charge in [0.2, 0.25) is 0 Å². The van der Waals surface area contributed by atoms with E-state index in [0.717, 1.165) is 6.54 Å². The van der Waals surface area contributed by atoms with Crippen LogP contribution in [0.25, 0.3) is 0 Å². The Labute approximate surface area is 108 Å². The van der Waals surface area contributed by atoms with Crippen LogP contribution in [0, 0.1) is 0 Å². The van der Waals surface area contributed by atoms with Gasteiger partial charge in [0, 0.05) is 29.7 Å². The smallest absolute Gasteiger partial charge is 0.0794 e. The molecule has 0 spiro atoms. The second kappa shape index (κ2) is 6.47. The quantitative estimate of drug-likeness (QED) is 0.893. The number of thiazole rings is 1. The van der Waals surface area contributed by atoms with Gasteiger partial charge in [-0.05, 0) is 46.2 Å². The van der Waals surface area contributed by atoms with Gasteiger partial charge in [0.15, 0.2) is 0 Å². The molecule has 17 heavy (non-hydrogen) atoms. The van der Waals surface area contributed by atoms with Gasteiger partial charge in [-0.1, -0.05) is 0 Å². The molecule has 1 atom stereocenters. The van der Waals surface area contributed by atoms with E-state index in [4.69, 9.17) is 0 Å². The van der Waals surface area contributed by atoms with Gasteiger partial charge >= 0.3 is 0 Å². The Morgan fingerprint density at radius 3 is 3.06 bits per heavy atom. The van der Waals surface area contributed by atoms with E-state index >= 15 is 0 Å². The van der Waals surface area contributed by atoms with Gasteiger partial charge in [0.25, 0.3) is 0 Å². The number of likely N-dealkylation sites (tertiary alicyclic amines) is 1. The lowest BCUT2D eigenvalue weighted by Gasteiger charge is -2.24. The minimum absolute atomic E-state index is 0.681. The largest absolute Gasteiger partial charge is 0.309 e. The van der Waals surface area contributed by atoms with Gasteiger partial charge in [-0.2, -0.15) is 0 Å². The Hall–Kier alpha value is -0.450. The highest BCUT2D eigenvalue weighted by Gasteiger charge is 2.18. The van der Waals surface area contributed by atoms with Crippen LogP contribution in [0.1, 0.15) is 38.0 Å². The van der Waals surface area contributed by atoms with E-state index in [0.29, 0.717) is 12.1 Å². The van der Waals surface area contributed by atoms with Crippen LogP contribution in [-0.2, 0) is 6.54 Å². The van der Waals surface area contributed by atoms with E-state index in [1.807, 2.05) is 11.7 Å². The van der Waals surface area contributed by atoms with Crippen molar-refractivity contribution in [2.24, 2.45) is 0 Å². The Morgan fingerprint density at radius 2 is 2.35 bits per heavy atom. The normalized spacial score (nSPS) is 22.9. The third-order valence-electron chi connectivity index (χ3n) is 3.54. The third-order valence-corrected chi connectivity index (χ3v) is 4.32. The van der Waals surface area contributed by atoms with E-state index in [1.165, 1.54) is 37.2 Å². The molecule has 2 rings (SSSR count). The molecule has 0 amide bonds. The number of hydrogen-bond donors (Lipinski definition) is 1. The van der Waals surface area contributed by atoms with Crippen LogP contribution >= 0.6 is 11.3 Å². The summed E-state index contributed by atoms with van der Waals surface area (Å²) in [6, 6.07) is 1.37. The van der Waals surface area contributed by atoms with Crippen LogP contribution in [0.2, 0.25) is 0 Å². The standard InChI is InChI=1S/C13H23N3S/c1-11(2)16-6-3-4-12(5-7-16)15-9-13-8-14-10-17-13/h8,10-12,15H,3-7,9H2,1-2H3. The first-order valence-corrected chi connectivity index (χ1v) is 7.48. The van der Waals surface area contributed by atoms with Gasteiger partial charge < -0.3 is 10.2 Å². The molecule has 0 aliphatic carbocycles. The highest BCUT2D eigenvalue weighted by atomic mass is 32.1. The molecule has 1 aliphatic rings. The predicted octanol–water partition coefficient (Wildman–Crippen LogP) is 2.50. The Balaban J connectivity index is 1.75. The Morgan fingerprint density at radius 1 is 1.47 bits per heavy atom. The van der Waals surface area contributed by atoms with E-state index in [2.05, 4.69) is 29.0 Å². The molecule has 1 aromatic rings. The Bertz CT molecular complexity index is 310. The average molecular weight is 253 g/mol. The minimum atomic E-state index is 0.681. The molecule has 1 fully saturated rings. The number of nitrogens with zero attached hydrogens (tertiary/aromatic N) is 2. The molecular weight excluding hydrogens is 230 g/mol. The van der Waals surface area contributed by atoms with Crippen molar-refractivity contribution in [1.82, 2.24) is 15.2 Å². The zero-order chi connectivity index (χ0) is 12.1. The lowest BCUT2D eigenvalue weighted by molar-refractivity contribution is 0.229. The van der Waals surface area contributed by atoms with E-state index in [-0.39, 0.29) is 0 Å². The molecule has 1 aliphatic heterocycles. The first kappa shape index (κ1) is 13.0. The second-order valence-electron chi connectivity index (χ2n) is 5.11. The molecular formula is C13H23N3S. The minimum Gasteiger partial charge on any atom is -0.309 e. The third kappa shape index (κ3) is 4.05. The zero-order valence-corrected chi connectivity index (χ0v) is 11.7. The molecule has 0 saturated carbocycles. The summed E-state index contributed by atoms with van der Waals surface area (Å²) in [5.74, 6) is 0. The van der Waals surface area contributed by atoms with E-state index in [1.54, 1.807) is 11.3 Å². The Kier molecular flexibility index (Phi) is 4.95. The van der Waals surface area contributed by atoms with Gasteiger partial charge in [0.1, 0.15) is 0 Å².